The van der Waals surface area contributed by atoms with Crippen LogP contribution in [0.3, 0.4) is 0 Å². The number of carbonyl (C=O) groups excluding carboxylic acids is 5. The first-order valence-electron chi connectivity index (χ1n) is 15.6. The molecular weight excluding hydrogens is 664 g/mol. The molecule has 4 amide bonds. The zero-order valence-electron chi connectivity index (χ0n) is 27.6. The summed E-state index contributed by atoms with van der Waals surface area (Å²) in [7, 11) is 0. The number of aliphatic carboxylic acids is 1. The van der Waals surface area contributed by atoms with Gasteiger partial charge in [0.25, 0.3) is 0 Å². The molecule has 0 spiro atoms. The molecule has 266 valence electrons. The van der Waals surface area contributed by atoms with Gasteiger partial charge in [-0.25, -0.2) is 9.59 Å². The van der Waals surface area contributed by atoms with Crippen molar-refractivity contribution in [3.63, 3.8) is 0 Å². The van der Waals surface area contributed by atoms with E-state index in [1.165, 1.54) is 11.0 Å². The van der Waals surface area contributed by atoms with Crippen LogP contribution in [0.5, 0.6) is 0 Å². The number of hydrogen-bond acceptors (Lipinski definition) is 11. The first-order chi connectivity index (χ1) is 23.2. The van der Waals surface area contributed by atoms with E-state index in [9.17, 15) is 33.9 Å². The Hall–Kier alpha value is -5.06. The molecule has 4 atom stereocenters. The molecule has 3 rings (SSSR count). The summed E-state index contributed by atoms with van der Waals surface area (Å²) >= 11 is 6.14. The van der Waals surface area contributed by atoms with Crippen molar-refractivity contribution in [3.05, 3.63) is 52.8 Å². The second kappa shape index (κ2) is 17.9. The average Bonchev–Trinajstić information content (AvgIpc) is 3.74. The van der Waals surface area contributed by atoms with E-state index in [0.29, 0.717) is 18.4 Å². The minimum atomic E-state index is -1.57. The lowest BCUT2D eigenvalue weighted by Gasteiger charge is -2.36. The molecule has 1 aromatic carbocycles. The van der Waals surface area contributed by atoms with Crippen LogP contribution in [0.1, 0.15) is 58.3 Å². The molecule has 5 N–H and O–H groups in total. The third-order valence-electron chi connectivity index (χ3n) is 7.38. The Labute approximate surface area is 287 Å². The number of aromatic amines is 1. The third-order valence-corrected chi connectivity index (χ3v) is 7.66. The van der Waals surface area contributed by atoms with E-state index < -0.39 is 71.8 Å². The third kappa shape index (κ3) is 11.8. The Kier molecular flexibility index (Phi) is 14.0. The summed E-state index contributed by atoms with van der Waals surface area (Å²) in [6.07, 6.45) is 0.254. The van der Waals surface area contributed by atoms with Crippen molar-refractivity contribution < 1.29 is 43.3 Å². The van der Waals surface area contributed by atoms with Gasteiger partial charge in [-0.2, -0.15) is 5.21 Å². The molecule has 1 aliphatic rings. The van der Waals surface area contributed by atoms with Gasteiger partial charge in [-0.1, -0.05) is 67.9 Å². The Morgan fingerprint density at radius 2 is 1.82 bits per heavy atom. The summed E-state index contributed by atoms with van der Waals surface area (Å²) in [5.74, 6) is -4.02. The van der Waals surface area contributed by atoms with Gasteiger partial charge in [0, 0.05) is 13.0 Å². The number of hydrogen-bond donors (Lipinski definition) is 5. The maximum absolute atomic E-state index is 14.0. The number of rotatable bonds is 15. The van der Waals surface area contributed by atoms with Crippen molar-refractivity contribution in [1.82, 2.24) is 41.5 Å². The molecule has 18 heteroatoms. The molecule has 1 fully saturated rings. The summed E-state index contributed by atoms with van der Waals surface area (Å²) in [4.78, 5) is 78.6. The molecule has 2 heterocycles. The topological polar surface area (TPSA) is 235 Å². The number of likely N-dealkylation sites (tertiary alicyclic amines) is 1. The van der Waals surface area contributed by atoms with Crippen molar-refractivity contribution in [2.75, 3.05) is 13.2 Å². The van der Waals surface area contributed by atoms with E-state index in [-0.39, 0.29) is 37.0 Å². The molecule has 1 saturated heterocycles. The van der Waals surface area contributed by atoms with Gasteiger partial charge in [0.2, 0.25) is 17.7 Å². The number of aromatic nitrogens is 4. The van der Waals surface area contributed by atoms with Crippen LogP contribution in [0, 0.1) is 5.41 Å². The van der Waals surface area contributed by atoms with E-state index >= 15 is 0 Å². The number of carboxylic acid groups (broad SMARTS) is 1. The minimum absolute atomic E-state index is 0.00491. The molecular formula is C31H41ClN8O9. The molecule has 1 aromatic heterocycles. The molecule has 0 unspecified atom stereocenters. The number of amides is 4. The number of tetrazole rings is 1. The number of nitrogens with zero attached hydrogens (tertiary/aromatic N) is 4. The molecule has 0 aliphatic carbocycles. The summed E-state index contributed by atoms with van der Waals surface area (Å²) in [5, 5.41) is 30.4. The van der Waals surface area contributed by atoms with Gasteiger partial charge < -0.3 is 35.4 Å². The lowest BCUT2D eigenvalue weighted by Crippen LogP contribution is -2.60. The van der Waals surface area contributed by atoms with Gasteiger partial charge in [0.05, 0.1) is 19.1 Å². The highest BCUT2D eigenvalue weighted by Gasteiger charge is 2.43. The van der Waals surface area contributed by atoms with Crippen LogP contribution in [-0.4, -0.2) is 104 Å². The highest BCUT2D eigenvalue weighted by atomic mass is 35.5. The Bertz CT molecular complexity index is 1500. The monoisotopic (exact) mass is 704 g/mol. The van der Waals surface area contributed by atoms with Crippen molar-refractivity contribution in [3.8, 4) is 0 Å². The highest BCUT2D eigenvalue weighted by molar-refractivity contribution is 6.41. The van der Waals surface area contributed by atoms with E-state index in [0.717, 1.165) is 0 Å². The number of H-pyrrole nitrogens is 1. The van der Waals surface area contributed by atoms with Gasteiger partial charge in [-0.15, -0.1) is 10.2 Å². The summed E-state index contributed by atoms with van der Waals surface area (Å²) in [6.45, 7) is 6.85. The number of nitrogens with one attached hydrogen (secondary N) is 4. The SMILES string of the molecule is CCOC(=O)/C(Cl)=C/[C@H](Cc1nn[nH]n1)NC(=O)[C@H]1CCCN1C(=O)[C@@H](NC(=O)[C@H](CC(=O)O)NC(=O)OCc1ccccc1)C(C)(C)C. The largest absolute Gasteiger partial charge is 0.481 e. The minimum Gasteiger partial charge on any atom is -0.481 e. The summed E-state index contributed by atoms with van der Waals surface area (Å²) < 4.78 is 10.1. The normalized spacial score (nSPS) is 16.6. The number of alkyl carbamates (subject to hydrolysis) is 1. The van der Waals surface area contributed by atoms with E-state index in [1.807, 2.05) is 0 Å². The average molecular weight is 705 g/mol. The van der Waals surface area contributed by atoms with E-state index in [1.54, 1.807) is 58.0 Å². The predicted octanol–water partition coefficient (Wildman–Crippen LogP) is 1.20. The Morgan fingerprint density at radius 1 is 1.10 bits per heavy atom. The fraction of sp³-hybridized carbons (Fsp3) is 0.516. The van der Waals surface area contributed by atoms with Crippen molar-refractivity contribution in [2.24, 2.45) is 5.41 Å². The zero-order valence-corrected chi connectivity index (χ0v) is 28.4. The lowest BCUT2D eigenvalue weighted by molar-refractivity contribution is -0.145. The smallest absolute Gasteiger partial charge is 0.408 e. The molecule has 17 nitrogen and oxygen atoms in total. The molecule has 2 aromatic rings. The molecule has 0 bridgehead atoms. The fourth-order valence-electron chi connectivity index (χ4n) is 4.99. The lowest BCUT2D eigenvalue weighted by atomic mass is 9.85. The van der Waals surface area contributed by atoms with Crippen LogP contribution in [0.25, 0.3) is 0 Å². The molecule has 0 radical (unpaired) electrons. The second-order valence-electron chi connectivity index (χ2n) is 12.2. The fourth-order valence-corrected chi connectivity index (χ4v) is 5.20. The van der Waals surface area contributed by atoms with Crippen LogP contribution in [0.4, 0.5) is 4.79 Å². The van der Waals surface area contributed by atoms with E-state index in [4.69, 9.17) is 21.1 Å². The quantitative estimate of drug-likeness (QED) is 0.130. The summed E-state index contributed by atoms with van der Waals surface area (Å²) in [6, 6.07) is 4.11. The van der Waals surface area contributed by atoms with Gasteiger partial charge >= 0.3 is 18.0 Å². The molecule has 0 saturated carbocycles. The number of halogens is 1. The Morgan fingerprint density at radius 3 is 2.43 bits per heavy atom. The van der Waals surface area contributed by atoms with Crippen LogP contribution in [-0.2, 0) is 46.5 Å². The maximum atomic E-state index is 14.0. The second-order valence-corrected chi connectivity index (χ2v) is 12.6. The number of carboxylic acids is 1. The van der Waals surface area contributed by atoms with Crippen LogP contribution < -0.4 is 16.0 Å². The first kappa shape index (κ1) is 38.4. The van der Waals surface area contributed by atoms with Crippen LogP contribution >= 0.6 is 11.6 Å². The first-order valence-corrected chi connectivity index (χ1v) is 15.9. The van der Waals surface area contributed by atoms with Crippen molar-refractivity contribution in [2.45, 2.75) is 84.2 Å². The zero-order chi connectivity index (χ0) is 36.1. The van der Waals surface area contributed by atoms with Crippen LogP contribution in [0.2, 0.25) is 0 Å². The molecule has 49 heavy (non-hydrogen) atoms. The summed E-state index contributed by atoms with van der Waals surface area (Å²) in [5.41, 5.74) is -0.228. The number of benzene rings is 1. The van der Waals surface area contributed by atoms with Gasteiger partial charge in [-0.3, -0.25) is 19.2 Å². The molecule has 1 aliphatic heterocycles. The van der Waals surface area contributed by atoms with E-state index in [2.05, 4.69) is 36.6 Å². The number of esters is 1. The standard InChI is InChI=1S/C31H41ClN8O9/c1-5-48-29(46)20(32)14-19(15-23-36-38-39-37-23)33-27(44)22-12-9-13-40(22)28(45)25(31(2,3)4)35-26(43)21(16-24(41)42)34-30(47)49-17-18-10-7-6-8-11-18/h6-8,10-11,14,19,21-22,25H,5,9,12-13,15-17H2,1-4H3,(H,33,44)(H,34,47)(H,35,43)(H,41,42)(H,36,37,38,39)/b20-14-/t19-,21+,22-,25-/m1/s1. The van der Waals surface area contributed by atoms with Gasteiger partial charge in [-0.05, 0) is 36.8 Å². The Balaban J connectivity index is 1.75. The highest BCUT2D eigenvalue weighted by Crippen LogP contribution is 2.26. The van der Waals surface area contributed by atoms with Crippen LogP contribution in [0.15, 0.2) is 41.4 Å². The van der Waals surface area contributed by atoms with Crippen molar-refractivity contribution in [1.29, 1.82) is 0 Å². The van der Waals surface area contributed by atoms with Crippen molar-refractivity contribution >= 4 is 47.4 Å². The maximum Gasteiger partial charge on any atom is 0.408 e. The predicted molar refractivity (Wildman–Crippen MR) is 172 cm³/mol. The van der Waals surface area contributed by atoms with Gasteiger partial charge in [0.1, 0.15) is 29.8 Å². The number of carbonyl (C=O) groups is 6. The number of ether oxygens (including phenoxy) is 2. The van der Waals surface area contributed by atoms with Gasteiger partial charge in [0.15, 0.2) is 5.82 Å².